The van der Waals surface area contributed by atoms with Gasteiger partial charge in [0.05, 0.1) is 11.3 Å². The fourth-order valence-electron chi connectivity index (χ4n) is 2.46. The van der Waals surface area contributed by atoms with E-state index in [0.717, 1.165) is 29.7 Å². The molecule has 1 heterocycles. The third-order valence-electron chi connectivity index (χ3n) is 3.67. The second-order valence-corrected chi connectivity index (χ2v) is 6.67. The number of hydrogen-bond acceptors (Lipinski definition) is 4. The second kappa shape index (κ2) is 8.25. The van der Waals surface area contributed by atoms with Gasteiger partial charge >= 0.3 is 0 Å². The first-order valence-corrected chi connectivity index (χ1v) is 8.48. The minimum Gasteiger partial charge on any atom is -0.352 e. The lowest BCUT2D eigenvalue weighted by Gasteiger charge is -2.20. The number of nitrogens with zero attached hydrogens (tertiary/aromatic N) is 2. The summed E-state index contributed by atoms with van der Waals surface area (Å²) < 4.78 is 0. The van der Waals surface area contributed by atoms with Gasteiger partial charge in [-0.15, -0.1) is 0 Å². The Hall–Kier alpha value is -1.10. The van der Waals surface area contributed by atoms with Crippen LogP contribution in [-0.4, -0.2) is 33.4 Å². The van der Waals surface area contributed by atoms with E-state index in [0.29, 0.717) is 5.56 Å². The molecule has 1 aliphatic carbocycles. The Bertz CT molecular complexity index is 433. The van der Waals surface area contributed by atoms with Crippen LogP contribution in [-0.2, 0) is 0 Å². The Kier molecular flexibility index (Phi) is 6.30. The van der Waals surface area contributed by atoms with Crippen molar-refractivity contribution in [3.8, 4) is 0 Å². The summed E-state index contributed by atoms with van der Waals surface area (Å²) in [5.74, 6) is 1.07. The number of nitrogens with one attached hydrogen (secondary N) is 1. The van der Waals surface area contributed by atoms with Gasteiger partial charge in [0.25, 0.3) is 5.91 Å². The molecule has 2 rings (SSSR count). The standard InChI is InChI=1S/C15H23N3OS/c1-12-14(10-16-11-18-12)15(19)17-8-5-9-20-13-6-3-2-4-7-13/h10-11,13H,2-9H2,1H3,(H,17,19). The van der Waals surface area contributed by atoms with Crippen LogP contribution in [0.5, 0.6) is 0 Å². The number of carbonyl (C=O) groups is 1. The van der Waals surface area contributed by atoms with Crippen LogP contribution in [0, 0.1) is 6.92 Å². The van der Waals surface area contributed by atoms with Gasteiger partial charge in [-0.05, 0) is 31.9 Å². The quantitative estimate of drug-likeness (QED) is 0.819. The molecule has 110 valence electrons. The van der Waals surface area contributed by atoms with Crippen molar-refractivity contribution in [3.05, 3.63) is 23.8 Å². The summed E-state index contributed by atoms with van der Waals surface area (Å²) in [4.78, 5) is 19.9. The number of thioether (sulfide) groups is 1. The smallest absolute Gasteiger partial charge is 0.254 e. The minimum absolute atomic E-state index is 0.0641. The van der Waals surface area contributed by atoms with Crippen LogP contribution in [0.25, 0.3) is 0 Å². The molecule has 0 radical (unpaired) electrons. The Balaban J connectivity index is 1.61. The highest BCUT2D eigenvalue weighted by atomic mass is 32.2. The molecule has 5 heteroatoms. The molecule has 1 saturated carbocycles. The Morgan fingerprint density at radius 2 is 2.20 bits per heavy atom. The maximum atomic E-state index is 11.9. The molecule has 20 heavy (non-hydrogen) atoms. The molecule has 1 N–H and O–H groups in total. The van der Waals surface area contributed by atoms with Crippen LogP contribution in [0.15, 0.2) is 12.5 Å². The molecule has 0 aromatic carbocycles. The highest BCUT2D eigenvalue weighted by Crippen LogP contribution is 2.28. The van der Waals surface area contributed by atoms with E-state index < -0.39 is 0 Å². The van der Waals surface area contributed by atoms with E-state index in [2.05, 4.69) is 27.0 Å². The molecule has 0 aliphatic heterocycles. The molecule has 0 spiro atoms. The van der Waals surface area contributed by atoms with E-state index in [1.165, 1.54) is 38.4 Å². The lowest BCUT2D eigenvalue weighted by Crippen LogP contribution is -2.26. The molecule has 1 aromatic rings. The van der Waals surface area contributed by atoms with E-state index in [4.69, 9.17) is 0 Å². The third kappa shape index (κ3) is 4.78. The molecule has 1 fully saturated rings. The highest BCUT2D eigenvalue weighted by Gasteiger charge is 2.13. The highest BCUT2D eigenvalue weighted by molar-refractivity contribution is 7.99. The summed E-state index contributed by atoms with van der Waals surface area (Å²) >= 11 is 2.07. The summed E-state index contributed by atoms with van der Waals surface area (Å²) in [6.45, 7) is 2.56. The Labute approximate surface area is 125 Å². The molecule has 1 amide bonds. The molecule has 0 atom stereocenters. The Morgan fingerprint density at radius 1 is 1.40 bits per heavy atom. The van der Waals surface area contributed by atoms with Gasteiger partial charge < -0.3 is 5.32 Å². The van der Waals surface area contributed by atoms with Gasteiger partial charge in [-0.1, -0.05) is 19.3 Å². The van der Waals surface area contributed by atoms with E-state index in [1.807, 2.05) is 6.92 Å². The summed E-state index contributed by atoms with van der Waals surface area (Å²) in [6, 6.07) is 0. The van der Waals surface area contributed by atoms with Crippen LogP contribution in [0.2, 0.25) is 0 Å². The zero-order chi connectivity index (χ0) is 14.2. The maximum absolute atomic E-state index is 11.9. The van der Waals surface area contributed by atoms with Gasteiger partial charge in [0.1, 0.15) is 6.33 Å². The summed E-state index contributed by atoms with van der Waals surface area (Å²) in [6.07, 6.45) is 11.0. The SMILES string of the molecule is Cc1ncncc1C(=O)NCCCSC1CCCCC1. The summed E-state index contributed by atoms with van der Waals surface area (Å²) in [5.41, 5.74) is 1.31. The molecule has 0 unspecified atom stereocenters. The van der Waals surface area contributed by atoms with Gasteiger partial charge in [-0.2, -0.15) is 11.8 Å². The average Bonchev–Trinajstić information content (AvgIpc) is 2.48. The van der Waals surface area contributed by atoms with E-state index >= 15 is 0 Å². The topological polar surface area (TPSA) is 54.9 Å². The van der Waals surface area contributed by atoms with Crippen molar-refractivity contribution in [2.45, 2.75) is 50.7 Å². The minimum atomic E-state index is -0.0641. The molecule has 1 aliphatic rings. The van der Waals surface area contributed by atoms with Gasteiger partial charge in [-0.3, -0.25) is 4.79 Å². The fourth-order valence-corrected chi connectivity index (χ4v) is 3.78. The summed E-state index contributed by atoms with van der Waals surface area (Å²) in [5, 5.41) is 3.80. The molecular formula is C15H23N3OS. The lowest BCUT2D eigenvalue weighted by atomic mass is 10.0. The third-order valence-corrected chi connectivity index (χ3v) is 5.14. The first-order chi connectivity index (χ1) is 9.77. The van der Waals surface area contributed by atoms with Crippen molar-refractivity contribution < 1.29 is 4.79 Å². The average molecular weight is 293 g/mol. The van der Waals surface area contributed by atoms with Crippen molar-refractivity contribution in [1.29, 1.82) is 0 Å². The van der Waals surface area contributed by atoms with Gasteiger partial charge in [0, 0.05) is 18.0 Å². The van der Waals surface area contributed by atoms with E-state index in [-0.39, 0.29) is 5.91 Å². The molecule has 0 saturated heterocycles. The second-order valence-electron chi connectivity index (χ2n) is 5.26. The van der Waals surface area contributed by atoms with Crippen molar-refractivity contribution in [1.82, 2.24) is 15.3 Å². The first kappa shape index (κ1) is 15.3. The number of aryl methyl sites for hydroxylation is 1. The zero-order valence-electron chi connectivity index (χ0n) is 12.1. The normalized spacial score (nSPS) is 16.1. The van der Waals surface area contributed by atoms with Crippen molar-refractivity contribution >= 4 is 17.7 Å². The Morgan fingerprint density at radius 3 is 2.95 bits per heavy atom. The van der Waals surface area contributed by atoms with Crippen molar-refractivity contribution in [2.75, 3.05) is 12.3 Å². The van der Waals surface area contributed by atoms with Gasteiger partial charge in [-0.25, -0.2) is 9.97 Å². The largest absolute Gasteiger partial charge is 0.352 e. The van der Waals surface area contributed by atoms with Crippen LogP contribution >= 0.6 is 11.8 Å². The van der Waals surface area contributed by atoms with Crippen LogP contribution in [0.4, 0.5) is 0 Å². The monoisotopic (exact) mass is 293 g/mol. The van der Waals surface area contributed by atoms with Crippen molar-refractivity contribution in [3.63, 3.8) is 0 Å². The van der Waals surface area contributed by atoms with Gasteiger partial charge in [0.2, 0.25) is 0 Å². The summed E-state index contributed by atoms with van der Waals surface area (Å²) in [7, 11) is 0. The number of carbonyl (C=O) groups excluding carboxylic acids is 1. The lowest BCUT2D eigenvalue weighted by molar-refractivity contribution is 0.0952. The zero-order valence-corrected chi connectivity index (χ0v) is 12.9. The maximum Gasteiger partial charge on any atom is 0.254 e. The molecule has 0 bridgehead atoms. The van der Waals surface area contributed by atoms with Crippen LogP contribution < -0.4 is 5.32 Å². The van der Waals surface area contributed by atoms with Gasteiger partial charge in [0.15, 0.2) is 0 Å². The molecule has 1 aromatic heterocycles. The predicted molar refractivity (Wildman–Crippen MR) is 83.1 cm³/mol. The number of hydrogen-bond donors (Lipinski definition) is 1. The molecule has 4 nitrogen and oxygen atoms in total. The number of rotatable bonds is 6. The predicted octanol–water partition coefficient (Wildman–Crippen LogP) is 2.97. The fraction of sp³-hybridized carbons (Fsp3) is 0.667. The molecular weight excluding hydrogens is 270 g/mol. The van der Waals surface area contributed by atoms with E-state index in [9.17, 15) is 4.79 Å². The first-order valence-electron chi connectivity index (χ1n) is 7.44. The number of amides is 1. The van der Waals surface area contributed by atoms with Crippen LogP contribution in [0.3, 0.4) is 0 Å². The number of aromatic nitrogens is 2. The van der Waals surface area contributed by atoms with Crippen LogP contribution in [0.1, 0.15) is 54.6 Å². The van der Waals surface area contributed by atoms with E-state index in [1.54, 1.807) is 6.20 Å². The van der Waals surface area contributed by atoms with Crippen molar-refractivity contribution in [2.24, 2.45) is 0 Å².